The van der Waals surface area contributed by atoms with Gasteiger partial charge in [0.2, 0.25) is 11.8 Å². The van der Waals surface area contributed by atoms with Crippen molar-refractivity contribution in [1.29, 1.82) is 0 Å². The van der Waals surface area contributed by atoms with Crippen LogP contribution in [0.1, 0.15) is 48.8 Å². The van der Waals surface area contributed by atoms with E-state index in [-0.39, 0.29) is 29.4 Å². The number of carbonyl (C=O) groups excluding carboxylic acids is 2. The minimum atomic E-state index is -0.653. The number of thioether (sulfide) groups is 1. The lowest BCUT2D eigenvalue weighted by molar-refractivity contribution is -0.139. The van der Waals surface area contributed by atoms with Gasteiger partial charge in [0.25, 0.3) is 0 Å². The lowest BCUT2D eigenvalue weighted by atomic mass is 9.94. The van der Waals surface area contributed by atoms with E-state index in [9.17, 15) is 14.0 Å². The molecule has 0 aromatic heterocycles. The van der Waals surface area contributed by atoms with E-state index in [0.29, 0.717) is 24.3 Å². The third-order valence-electron chi connectivity index (χ3n) is 6.91. The van der Waals surface area contributed by atoms with Crippen molar-refractivity contribution in [1.82, 2.24) is 10.2 Å². The van der Waals surface area contributed by atoms with Crippen LogP contribution in [0.25, 0.3) is 0 Å². The maximum Gasteiger partial charge on any atom is 0.243 e. The summed E-state index contributed by atoms with van der Waals surface area (Å²) in [5, 5.41) is 3.26. The van der Waals surface area contributed by atoms with Crippen LogP contribution in [0.5, 0.6) is 0 Å². The number of halogens is 2. The second-order valence-electron chi connectivity index (χ2n) is 9.78. The monoisotopic (exact) mass is 596 g/mol. The van der Waals surface area contributed by atoms with Crippen LogP contribution in [0.2, 0.25) is 0 Å². The van der Waals surface area contributed by atoms with Crippen LogP contribution in [-0.2, 0) is 28.3 Å². The largest absolute Gasteiger partial charge is 0.352 e. The van der Waals surface area contributed by atoms with Crippen molar-refractivity contribution in [2.75, 3.05) is 5.75 Å². The highest BCUT2D eigenvalue weighted by Gasteiger charge is 2.32. The first-order valence-corrected chi connectivity index (χ1v) is 15.1. The number of rotatable bonds is 11. The number of benzene rings is 3. The number of nitrogens with one attached hydrogen (secondary N) is 1. The van der Waals surface area contributed by atoms with Crippen LogP contribution in [0, 0.1) is 5.82 Å². The van der Waals surface area contributed by atoms with Gasteiger partial charge in [-0.2, -0.15) is 0 Å². The molecule has 0 saturated heterocycles. The molecule has 0 radical (unpaired) electrons. The molecule has 3 aromatic rings. The smallest absolute Gasteiger partial charge is 0.243 e. The summed E-state index contributed by atoms with van der Waals surface area (Å²) in [7, 11) is 0. The fourth-order valence-electron chi connectivity index (χ4n) is 4.88. The first kappa shape index (κ1) is 28.4. The Morgan fingerprint density at radius 1 is 0.947 bits per heavy atom. The molecule has 0 heterocycles. The number of nitrogens with zero attached hydrogens (tertiary/aromatic N) is 1. The third kappa shape index (κ3) is 8.43. The number of hydrogen-bond acceptors (Lipinski definition) is 3. The topological polar surface area (TPSA) is 49.4 Å². The van der Waals surface area contributed by atoms with Gasteiger partial charge >= 0.3 is 0 Å². The van der Waals surface area contributed by atoms with Gasteiger partial charge in [-0.25, -0.2) is 4.39 Å². The van der Waals surface area contributed by atoms with E-state index in [1.54, 1.807) is 23.1 Å². The fourth-order valence-corrected chi connectivity index (χ4v) is 6.22. The zero-order chi connectivity index (χ0) is 26.7. The normalized spacial score (nSPS) is 14.6. The molecule has 2 amide bonds. The van der Waals surface area contributed by atoms with Crippen molar-refractivity contribution in [2.24, 2.45) is 0 Å². The van der Waals surface area contributed by atoms with Gasteiger partial charge in [0.15, 0.2) is 0 Å². The first-order chi connectivity index (χ1) is 18.5. The van der Waals surface area contributed by atoms with Crippen molar-refractivity contribution >= 4 is 39.5 Å². The summed E-state index contributed by atoms with van der Waals surface area (Å²) in [5.74, 6) is 0.0342. The van der Waals surface area contributed by atoms with Crippen LogP contribution < -0.4 is 5.32 Å². The number of hydrogen-bond donors (Lipinski definition) is 1. The Morgan fingerprint density at radius 3 is 2.39 bits per heavy atom. The Labute approximate surface area is 237 Å². The zero-order valence-electron chi connectivity index (χ0n) is 21.5. The van der Waals surface area contributed by atoms with Gasteiger partial charge in [-0.15, -0.1) is 11.8 Å². The van der Waals surface area contributed by atoms with Gasteiger partial charge in [-0.05, 0) is 47.7 Å². The molecular weight excluding hydrogens is 563 g/mol. The summed E-state index contributed by atoms with van der Waals surface area (Å²) >= 11 is 4.90. The molecule has 1 aliphatic rings. The molecule has 0 aliphatic heterocycles. The standard InChI is InChI=1S/C31H34BrFN2O2S/c32-26-14-9-12-24(18-26)20-35(30(36)22-38-21-25-13-7-8-17-28(25)33)29(19-23-10-3-1-4-11-23)31(37)34-27-15-5-2-6-16-27/h1,3-4,7-14,17-18,27,29H,2,5-6,15-16,19-22H2,(H,34,37). The maximum atomic E-state index is 14.1. The Bertz CT molecular complexity index is 1200. The van der Waals surface area contributed by atoms with Crippen molar-refractivity contribution in [3.05, 3.63) is 106 Å². The van der Waals surface area contributed by atoms with Gasteiger partial charge in [0.1, 0.15) is 11.9 Å². The molecule has 3 aromatic carbocycles. The third-order valence-corrected chi connectivity index (χ3v) is 8.36. The molecule has 1 fully saturated rings. The summed E-state index contributed by atoms with van der Waals surface area (Å²) in [6, 6.07) is 23.8. The molecule has 4 nitrogen and oxygen atoms in total. The Hall–Kier alpha value is -2.64. The molecule has 1 N–H and O–H groups in total. The molecule has 1 saturated carbocycles. The Kier molecular flexibility index (Phi) is 10.8. The summed E-state index contributed by atoms with van der Waals surface area (Å²) in [5.41, 5.74) is 2.51. The Morgan fingerprint density at radius 2 is 1.66 bits per heavy atom. The van der Waals surface area contributed by atoms with E-state index in [2.05, 4.69) is 21.2 Å². The lowest BCUT2D eigenvalue weighted by Gasteiger charge is -2.33. The summed E-state index contributed by atoms with van der Waals surface area (Å²) in [4.78, 5) is 29.3. The molecule has 1 aliphatic carbocycles. The second kappa shape index (κ2) is 14.5. The van der Waals surface area contributed by atoms with Crippen LogP contribution in [0.3, 0.4) is 0 Å². The summed E-state index contributed by atoms with van der Waals surface area (Å²) in [6.45, 7) is 0.314. The van der Waals surface area contributed by atoms with Crippen LogP contribution in [0.15, 0.2) is 83.3 Å². The summed E-state index contributed by atoms with van der Waals surface area (Å²) < 4.78 is 15.0. The van der Waals surface area contributed by atoms with E-state index in [1.807, 2.05) is 54.6 Å². The maximum absolute atomic E-state index is 14.1. The highest BCUT2D eigenvalue weighted by Crippen LogP contribution is 2.22. The van der Waals surface area contributed by atoms with Crippen molar-refractivity contribution in [3.8, 4) is 0 Å². The molecule has 0 spiro atoms. The van der Waals surface area contributed by atoms with Gasteiger partial charge in [0.05, 0.1) is 5.75 Å². The van der Waals surface area contributed by atoms with Gasteiger partial charge in [-0.1, -0.05) is 95.9 Å². The lowest BCUT2D eigenvalue weighted by Crippen LogP contribution is -2.53. The van der Waals surface area contributed by atoms with Gasteiger partial charge < -0.3 is 10.2 Å². The number of amides is 2. The first-order valence-electron chi connectivity index (χ1n) is 13.2. The minimum Gasteiger partial charge on any atom is -0.352 e. The highest BCUT2D eigenvalue weighted by molar-refractivity contribution is 9.10. The fraction of sp³-hybridized carbons (Fsp3) is 0.355. The van der Waals surface area contributed by atoms with E-state index < -0.39 is 6.04 Å². The Balaban J connectivity index is 1.57. The van der Waals surface area contributed by atoms with E-state index >= 15 is 0 Å². The molecule has 7 heteroatoms. The molecule has 1 unspecified atom stereocenters. The SMILES string of the molecule is O=C(NC1CCCCC1)C(Cc1ccccc1)N(Cc1cccc(Br)c1)C(=O)CSCc1ccccc1F. The van der Waals surface area contributed by atoms with Gasteiger partial charge in [0, 0.05) is 29.2 Å². The molecule has 200 valence electrons. The second-order valence-corrected chi connectivity index (χ2v) is 11.7. The molecule has 4 rings (SSSR count). The van der Waals surface area contributed by atoms with E-state index in [4.69, 9.17) is 0 Å². The van der Waals surface area contributed by atoms with Gasteiger partial charge in [-0.3, -0.25) is 9.59 Å². The summed E-state index contributed by atoms with van der Waals surface area (Å²) in [6.07, 6.45) is 5.80. The quantitative estimate of drug-likeness (QED) is 0.261. The van der Waals surface area contributed by atoms with E-state index in [1.165, 1.54) is 24.2 Å². The van der Waals surface area contributed by atoms with Crippen LogP contribution >= 0.6 is 27.7 Å². The van der Waals surface area contributed by atoms with Crippen LogP contribution in [0.4, 0.5) is 4.39 Å². The van der Waals surface area contributed by atoms with Crippen LogP contribution in [-0.4, -0.2) is 34.6 Å². The average molecular weight is 598 g/mol. The van der Waals surface area contributed by atoms with E-state index in [0.717, 1.165) is 41.3 Å². The molecular formula is C31H34BrFN2O2S. The van der Waals surface area contributed by atoms with Crippen molar-refractivity contribution in [3.63, 3.8) is 0 Å². The predicted octanol–water partition coefficient (Wildman–Crippen LogP) is 6.91. The molecule has 1 atom stereocenters. The molecule has 38 heavy (non-hydrogen) atoms. The number of carbonyl (C=O) groups is 2. The average Bonchev–Trinajstić information content (AvgIpc) is 2.93. The molecule has 0 bridgehead atoms. The highest BCUT2D eigenvalue weighted by atomic mass is 79.9. The van der Waals surface area contributed by atoms with Crippen molar-refractivity contribution in [2.45, 2.75) is 62.9 Å². The van der Waals surface area contributed by atoms with Crippen molar-refractivity contribution < 1.29 is 14.0 Å². The predicted molar refractivity (Wildman–Crippen MR) is 156 cm³/mol. The zero-order valence-corrected chi connectivity index (χ0v) is 23.9. The minimum absolute atomic E-state index is 0.108.